The van der Waals surface area contributed by atoms with Gasteiger partial charge in [0, 0.05) is 0 Å². The molecule has 1 saturated carbocycles. The summed E-state index contributed by atoms with van der Waals surface area (Å²) >= 11 is 0. The fourth-order valence-corrected chi connectivity index (χ4v) is 5.76. The molecule has 0 bridgehead atoms. The molecule has 0 unspecified atom stereocenters. The van der Waals surface area contributed by atoms with Crippen LogP contribution >= 0.6 is 0 Å². The zero-order valence-electron chi connectivity index (χ0n) is 12.1. The molecule has 1 aliphatic rings. The van der Waals surface area contributed by atoms with E-state index in [-0.39, 0.29) is 0 Å². The average Bonchev–Trinajstić information content (AvgIpc) is 2.39. The quantitative estimate of drug-likeness (QED) is 0.620. The number of hydrogen-bond acceptors (Lipinski definition) is 0. The molecule has 0 nitrogen and oxygen atoms in total. The van der Waals surface area contributed by atoms with E-state index in [2.05, 4.69) is 56.1 Å². The Hall–Kier alpha value is -0.823. The van der Waals surface area contributed by atoms with Crippen molar-refractivity contribution < 1.29 is 0 Å². The molecule has 0 aliphatic heterocycles. The lowest BCUT2D eigenvalue weighted by Crippen LogP contribution is -2.31. The van der Waals surface area contributed by atoms with Crippen molar-refractivity contribution in [3.63, 3.8) is 0 Å². The van der Waals surface area contributed by atoms with Crippen molar-refractivity contribution in [2.75, 3.05) is 0 Å². The number of benzene rings is 1. The van der Waals surface area contributed by atoms with E-state index in [1.165, 1.54) is 43.2 Å². The van der Waals surface area contributed by atoms with Crippen LogP contribution in [0.1, 0.15) is 43.2 Å². The summed E-state index contributed by atoms with van der Waals surface area (Å²) in [6, 6.07) is 8.87. The van der Waals surface area contributed by atoms with Crippen molar-refractivity contribution in [1.29, 1.82) is 0 Å². The molecule has 0 saturated heterocycles. The van der Waals surface area contributed by atoms with Gasteiger partial charge in [0.15, 0.2) is 0 Å². The van der Waals surface area contributed by atoms with Crippen molar-refractivity contribution in [3.8, 4) is 0 Å². The summed E-state index contributed by atoms with van der Waals surface area (Å²) in [5.74, 6) is 0. The van der Waals surface area contributed by atoms with Gasteiger partial charge in [0.25, 0.3) is 0 Å². The lowest BCUT2D eigenvalue weighted by Gasteiger charge is -2.33. The van der Waals surface area contributed by atoms with E-state index in [1.54, 1.807) is 0 Å². The molecule has 0 spiro atoms. The molecule has 1 heteroatoms. The van der Waals surface area contributed by atoms with E-state index < -0.39 is 8.07 Å². The first kappa shape index (κ1) is 13.6. The van der Waals surface area contributed by atoms with Crippen molar-refractivity contribution in [2.24, 2.45) is 0 Å². The van der Waals surface area contributed by atoms with Crippen LogP contribution < -0.4 is 0 Å². The van der Waals surface area contributed by atoms with Crippen molar-refractivity contribution in [3.05, 3.63) is 41.1 Å². The summed E-state index contributed by atoms with van der Waals surface area (Å²) in [5, 5.41) is 0. The van der Waals surface area contributed by atoms with E-state index in [4.69, 9.17) is 0 Å². The lowest BCUT2D eigenvalue weighted by atomic mass is 10.0. The Bertz CT molecular complexity index is 394. The topological polar surface area (TPSA) is 0 Å². The Kier molecular flexibility index (Phi) is 4.44. The standard InChI is InChI=1S/C17H26Si/c1-15-9-11-16(12-10-15)13-14-18(2,3)17-7-5-4-6-8-17/h9-14,17H,4-8H2,1-3H3/b14-13+. The third-order valence-corrected chi connectivity index (χ3v) is 8.15. The largest absolute Gasteiger partial charge is 0.0939 e. The van der Waals surface area contributed by atoms with Crippen LogP contribution in [0.3, 0.4) is 0 Å². The molecule has 0 N–H and O–H groups in total. The van der Waals surface area contributed by atoms with Crippen LogP contribution in [0, 0.1) is 6.92 Å². The molecule has 1 fully saturated rings. The highest BCUT2D eigenvalue weighted by Crippen LogP contribution is 2.37. The first-order valence-corrected chi connectivity index (χ1v) is 10.5. The van der Waals surface area contributed by atoms with Crippen LogP contribution in [0.15, 0.2) is 30.0 Å². The minimum absolute atomic E-state index is 1.01. The number of aryl methyl sites for hydroxylation is 1. The normalized spacial score (nSPS) is 18.4. The van der Waals surface area contributed by atoms with Crippen LogP contribution in [0.5, 0.6) is 0 Å². The predicted octanol–water partition coefficient (Wildman–Crippen LogP) is 5.59. The monoisotopic (exact) mass is 258 g/mol. The molecular formula is C17H26Si. The van der Waals surface area contributed by atoms with Gasteiger partial charge in [0.1, 0.15) is 0 Å². The molecule has 2 rings (SSSR count). The average molecular weight is 258 g/mol. The van der Waals surface area contributed by atoms with Gasteiger partial charge in [-0.15, -0.1) is 0 Å². The van der Waals surface area contributed by atoms with E-state index in [0.29, 0.717) is 0 Å². The Morgan fingerprint density at radius 1 is 1.00 bits per heavy atom. The minimum Gasteiger partial charge on any atom is -0.0939 e. The highest BCUT2D eigenvalue weighted by atomic mass is 28.3. The van der Waals surface area contributed by atoms with E-state index >= 15 is 0 Å². The van der Waals surface area contributed by atoms with Crippen LogP contribution in [0.4, 0.5) is 0 Å². The Balaban J connectivity index is 2.04. The molecule has 0 atom stereocenters. The molecule has 98 valence electrons. The van der Waals surface area contributed by atoms with Crippen LogP contribution in [-0.4, -0.2) is 8.07 Å². The fourth-order valence-electron chi connectivity index (χ4n) is 2.97. The van der Waals surface area contributed by atoms with E-state index in [1.807, 2.05) is 0 Å². The highest BCUT2D eigenvalue weighted by molar-refractivity contribution is 6.84. The first-order chi connectivity index (χ1) is 8.58. The minimum atomic E-state index is -1.18. The second kappa shape index (κ2) is 5.88. The molecule has 1 aromatic rings. The molecule has 0 aromatic heterocycles. The number of hydrogen-bond donors (Lipinski definition) is 0. The number of rotatable bonds is 3. The SMILES string of the molecule is Cc1ccc(/C=C/[Si](C)(C)C2CCCCC2)cc1. The molecule has 18 heavy (non-hydrogen) atoms. The Morgan fingerprint density at radius 2 is 1.61 bits per heavy atom. The summed E-state index contributed by atoms with van der Waals surface area (Å²) in [6.07, 6.45) is 9.68. The highest BCUT2D eigenvalue weighted by Gasteiger charge is 2.29. The molecule has 1 aliphatic carbocycles. The summed E-state index contributed by atoms with van der Waals surface area (Å²) in [5.41, 5.74) is 6.27. The second-order valence-electron chi connectivity index (χ2n) is 6.40. The van der Waals surface area contributed by atoms with Gasteiger partial charge in [-0.3, -0.25) is 0 Å². The van der Waals surface area contributed by atoms with E-state index in [9.17, 15) is 0 Å². The predicted molar refractivity (Wildman–Crippen MR) is 84.5 cm³/mol. The first-order valence-electron chi connectivity index (χ1n) is 7.34. The van der Waals surface area contributed by atoms with Crippen LogP contribution in [-0.2, 0) is 0 Å². The van der Waals surface area contributed by atoms with Crippen molar-refractivity contribution >= 4 is 14.1 Å². The van der Waals surface area contributed by atoms with Crippen LogP contribution in [0.25, 0.3) is 6.08 Å². The van der Waals surface area contributed by atoms with Gasteiger partial charge in [0.2, 0.25) is 0 Å². The van der Waals surface area contributed by atoms with Crippen LogP contribution in [0.2, 0.25) is 18.6 Å². The maximum absolute atomic E-state index is 2.56. The summed E-state index contributed by atoms with van der Waals surface area (Å²) in [7, 11) is -1.18. The molecular weight excluding hydrogens is 232 g/mol. The second-order valence-corrected chi connectivity index (χ2v) is 11.2. The van der Waals surface area contributed by atoms with Gasteiger partial charge < -0.3 is 0 Å². The van der Waals surface area contributed by atoms with Gasteiger partial charge in [-0.25, -0.2) is 0 Å². The smallest absolute Gasteiger partial charge is 0.0748 e. The third-order valence-electron chi connectivity index (χ3n) is 4.44. The molecule has 0 amide bonds. The van der Waals surface area contributed by atoms with Gasteiger partial charge in [-0.2, -0.15) is 0 Å². The van der Waals surface area contributed by atoms with Gasteiger partial charge in [-0.05, 0) is 18.0 Å². The molecule has 0 radical (unpaired) electrons. The molecule has 1 aromatic carbocycles. The van der Waals surface area contributed by atoms with Crippen molar-refractivity contribution in [1.82, 2.24) is 0 Å². The Morgan fingerprint density at radius 3 is 2.22 bits per heavy atom. The Labute approximate surface area is 113 Å². The third kappa shape index (κ3) is 3.58. The van der Waals surface area contributed by atoms with Gasteiger partial charge in [0.05, 0.1) is 8.07 Å². The summed E-state index contributed by atoms with van der Waals surface area (Å²) in [6.45, 7) is 7.22. The molecule has 0 heterocycles. The van der Waals surface area contributed by atoms with Gasteiger partial charge in [-0.1, -0.05) is 86.8 Å². The zero-order valence-corrected chi connectivity index (χ0v) is 13.1. The lowest BCUT2D eigenvalue weighted by molar-refractivity contribution is 0.494. The maximum atomic E-state index is 2.56. The summed E-state index contributed by atoms with van der Waals surface area (Å²) in [4.78, 5) is 0. The van der Waals surface area contributed by atoms with Gasteiger partial charge >= 0.3 is 0 Å². The zero-order chi connectivity index (χ0) is 13.0. The summed E-state index contributed by atoms with van der Waals surface area (Å²) < 4.78 is 0. The van der Waals surface area contributed by atoms with Crippen molar-refractivity contribution in [2.45, 2.75) is 57.7 Å². The van der Waals surface area contributed by atoms with E-state index in [0.717, 1.165) is 5.54 Å². The maximum Gasteiger partial charge on any atom is 0.0748 e. The fraction of sp³-hybridized carbons (Fsp3) is 0.529.